The molecule has 0 saturated carbocycles. The number of hydrogen-bond donors (Lipinski definition) is 0. The summed E-state index contributed by atoms with van der Waals surface area (Å²) in [5.74, 6) is -3.14. The third-order valence-corrected chi connectivity index (χ3v) is 2.61. The standard InChI is InChI=1S/C12H14O6/c1-7(2)10(15)17-18-11(16)12(3)6-8(13)4-5-9(12)14/h4-5,7H,6H2,1-3H3. The highest BCUT2D eigenvalue weighted by atomic mass is 17.2. The zero-order valence-electron chi connectivity index (χ0n) is 10.4. The van der Waals surface area contributed by atoms with Crippen LogP contribution < -0.4 is 0 Å². The van der Waals surface area contributed by atoms with Crippen LogP contribution >= 0.6 is 0 Å². The van der Waals surface area contributed by atoms with Gasteiger partial charge in [-0.05, 0) is 19.1 Å². The molecule has 0 aromatic heterocycles. The van der Waals surface area contributed by atoms with Crippen LogP contribution in [0.4, 0.5) is 0 Å². The first-order valence-electron chi connectivity index (χ1n) is 5.45. The van der Waals surface area contributed by atoms with Crippen LogP contribution in [0.15, 0.2) is 12.2 Å². The van der Waals surface area contributed by atoms with Gasteiger partial charge in [-0.3, -0.25) is 9.59 Å². The normalized spacial score (nSPS) is 23.1. The van der Waals surface area contributed by atoms with Crippen molar-refractivity contribution in [3.63, 3.8) is 0 Å². The maximum Gasteiger partial charge on any atom is 0.369 e. The van der Waals surface area contributed by atoms with E-state index in [1.807, 2.05) is 0 Å². The number of ketones is 2. The lowest BCUT2D eigenvalue weighted by Crippen LogP contribution is -2.41. The van der Waals surface area contributed by atoms with E-state index in [1.54, 1.807) is 13.8 Å². The van der Waals surface area contributed by atoms with E-state index < -0.39 is 29.1 Å². The predicted molar refractivity (Wildman–Crippen MR) is 58.9 cm³/mol. The molecule has 0 aromatic carbocycles. The molecule has 0 N–H and O–H groups in total. The van der Waals surface area contributed by atoms with Gasteiger partial charge in [-0.15, -0.1) is 0 Å². The molecule has 0 amide bonds. The smallest absolute Gasteiger partial charge is 0.295 e. The van der Waals surface area contributed by atoms with Gasteiger partial charge >= 0.3 is 11.9 Å². The number of allylic oxidation sites excluding steroid dienone is 2. The molecule has 1 aliphatic rings. The predicted octanol–water partition coefficient (Wildman–Crippen LogP) is 0.748. The van der Waals surface area contributed by atoms with Gasteiger partial charge in [-0.25, -0.2) is 19.4 Å². The maximum absolute atomic E-state index is 11.7. The Morgan fingerprint density at radius 3 is 2.39 bits per heavy atom. The Bertz CT molecular complexity index is 434. The molecule has 0 aliphatic heterocycles. The minimum absolute atomic E-state index is 0.291. The number of carbonyl (C=O) groups excluding carboxylic acids is 4. The molecule has 0 fully saturated rings. The Balaban J connectivity index is 2.71. The number of hydrogen-bond acceptors (Lipinski definition) is 6. The largest absolute Gasteiger partial charge is 0.369 e. The van der Waals surface area contributed by atoms with Crippen LogP contribution in [0.1, 0.15) is 27.2 Å². The molecular weight excluding hydrogens is 240 g/mol. The first-order chi connectivity index (χ1) is 8.27. The Morgan fingerprint density at radius 2 is 1.83 bits per heavy atom. The number of rotatable bonds is 2. The highest BCUT2D eigenvalue weighted by Crippen LogP contribution is 2.29. The van der Waals surface area contributed by atoms with Gasteiger partial charge in [-0.1, -0.05) is 13.8 Å². The molecule has 0 spiro atoms. The fourth-order valence-electron chi connectivity index (χ4n) is 1.29. The van der Waals surface area contributed by atoms with Gasteiger partial charge in [0.25, 0.3) is 0 Å². The minimum atomic E-state index is -1.62. The van der Waals surface area contributed by atoms with Crippen molar-refractivity contribution >= 4 is 23.5 Å². The molecule has 0 heterocycles. The number of carbonyl (C=O) groups is 4. The first kappa shape index (κ1) is 14.1. The average molecular weight is 254 g/mol. The van der Waals surface area contributed by atoms with Gasteiger partial charge in [-0.2, -0.15) is 0 Å². The van der Waals surface area contributed by atoms with Crippen molar-refractivity contribution in [1.82, 2.24) is 0 Å². The lowest BCUT2D eigenvalue weighted by Gasteiger charge is -2.24. The molecule has 18 heavy (non-hydrogen) atoms. The maximum atomic E-state index is 11.7. The lowest BCUT2D eigenvalue weighted by molar-refractivity contribution is -0.267. The second-order valence-corrected chi connectivity index (χ2v) is 4.60. The summed E-state index contributed by atoms with van der Waals surface area (Å²) in [5, 5.41) is 0. The zero-order chi connectivity index (χ0) is 13.9. The highest BCUT2D eigenvalue weighted by molar-refractivity contribution is 6.16. The van der Waals surface area contributed by atoms with E-state index >= 15 is 0 Å². The fourth-order valence-corrected chi connectivity index (χ4v) is 1.29. The molecule has 98 valence electrons. The molecule has 0 aromatic rings. The summed E-state index contributed by atoms with van der Waals surface area (Å²) in [5.41, 5.74) is -1.62. The van der Waals surface area contributed by atoms with E-state index in [9.17, 15) is 19.2 Å². The molecule has 6 nitrogen and oxygen atoms in total. The monoisotopic (exact) mass is 254 g/mol. The molecule has 0 saturated heterocycles. The van der Waals surface area contributed by atoms with Gasteiger partial charge in [0.1, 0.15) is 5.41 Å². The quantitative estimate of drug-likeness (QED) is 0.410. The molecule has 1 unspecified atom stereocenters. The Kier molecular flexibility index (Phi) is 4.00. The minimum Gasteiger partial charge on any atom is -0.295 e. The van der Waals surface area contributed by atoms with Gasteiger partial charge in [0.2, 0.25) is 0 Å². The molecular formula is C12H14O6. The van der Waals surface area contributed by atoms with E-state index in [-0.39, 0.29) is 12.2 Å². The summed E-state index contributed by atoms with van der Waals surface area (Å²) in [7, 11) is 0. The van der Waals surface area contributed by atoms with Crippen LogP contribution in [0, 0.1) is 11.3 Å². The molecule has 1 atom stereocenters. The lowest BCUT2D eigenvalue weighted by atomic mass is 9.77. The van der Waals surface area contributed by atoms with Gasteiger partial charge < -0.3 is 0 Å². The second kappa shape index (κ2) is 5.12. The van der Waals surface area contributed by atoms with Crippen molar-refractivity contribution in [1.29, 1.82) is 0 Å². The highest BCUT2D eigenvalue weighted by Gasteiger charge is 2.46. The fraction of sp³-hybridized carbons (Fsp3) is 0.500. The van der Waals surface area contributed by atoms with Crippen LogP contribution in [0.2, 0.25) is 0 Å². The van der Waals surface area contributed by atoms with Crippen LogP contribution in [-0.4, -0.2) is 23.5 Å². The van der Waals surface area contributed by atoms with Crippen LogP contribution in [0.5, 0.6) is 0 Å². The van der Waals surface area contributed by atoms with Gasteiger partial charge in [0.15, 0.2) is 11.6 Å². The first-order valence-corrected chi connectivity index (χ1v) is 5.45. The van der Waals surface area contributed by atoms with Crippen molar-refractivity contribution < 1.29 is 29.0 Å². The average Bonchev–Trinajstić information content (AvgIpc) is 2.30. The van der Waals surface area contributed by atoms with Crippen molar-refractivity contribution in [2.24, 2.45) is 11.3 Å². The van der Waals surface area contributed by atoms with Crippen molar-refractivity contribution in [2.45, 2.75) is 27.2 Å². The topological polar surface area (TPSA) is 86.7 Å². The zero-order valence-corrected chi connectivity index (χ0v) is 10.4. The third-order valence-electron chi connectivity index (χ3n) is 2.61. The Hall–Kier alpha value is -1.98. The van der Waals surface area contributed by atoms with Crippen molar-refractivity contribution in [3.8, 4) is 0 Å². The van der Waals surface area contributed by atoms with E-state index in [4.69, 9.17) is 0 Å². The van der Waals surface area contributed by atoms with E-state index in [0.717, 1.165) is 12.2 Å². The summed E-state index contributed by atoms with van der Waals surface area (Å²) >= 11 is 0. The molecule has 1 rings (SSSR count). The molecule has 6 heteroatoms. The van der Waals surface area contributed by atoms with E-state index in [1.165, 1.54) is 6.92 Å². The van der Waals surface area contributed by atoms with E-state index in [2.05, 4.69) is 9.78 Å². The summed E-state index contributed by atoms with van der Waals surface area (Å²) < 4.78 is 0. The van der Waals surface area contributed by atoms with E-state index in [0.29, 0.717) is 0 Å². The summed E-state index contributed by atoms with van der Waals surface area (Å²) in [6, 6.07) is 0. The van der Waals surface area contributed by atoms with Gasteiger partial charge in [0.05, 0.1) is 5.92 Å². The second-order valence-electron chi connectivity index (χ2n) is 4.60. The molecule has 0 bridgehead atoms. The summed E-state index contributed by atoms with van der Waals surface area (Å²) in [6.45, 7) is 4.41. The van der Waals surface area contributed by atoms with Crippen LogP contribution in [-0.2, 0) is 29.0 Å². The van der Waals surface area contributed by atoms with Crippen LogP contribution in [0.25, 0.3) is 0 Å². The Labute approximate surface area is 104 Å². The molecule has 1 aliphatic carbocycles. The molecule has 0 radical (unpaired) electrons. The van der Waals surface area contributed by atoms with Crippen LogP contribution in [0.3, 0.4) is 0 Å². The summed E-state index contributed by atoms with van der Waals surface area (Å²) in [4.78, 5) is 54.3. The third kappa shape index (κ3) is 2.82. The van der Waals surface area contributed by atoms with Crippen molar-refractivity contribution in [3.05, 3.63) is 12.2 Å². The van der Waals surface area contributed by atoms with Crippen molar-refractivity contribution in [2.75, 3.05) is 0 Å². The summed E-state index contributed by atoms with van der Waals surface area (Å²) in [6.07, 6.45) is 1.84. The Morgan fingerprint density at radius 1 is 1.22 bits per heavy atom. The SMILES string of the molecule is CC(C)C(=O)OOC(=O)C1(C)CC(=O)C=CC1=O. The van der Waals surface area contributed by atoms with Gasteiger partial charge in [0, 0.05) is 6.42 Å².